The molecule has 0 spiro atoms. The third-order valence-electron chi connectivity index (χ3n) is 3.62. The molecule has 0 amide bonds. The molecule has 2 aromatic rings. The highest BCUT2D eigenvalue weighted by molar-refractivity contribution is 9.10. The molecule has 0 unspecified atom stereocenters. The first-order valence-electron chi connectivity index (χ1n) is 6.96. The van der Waals surface area contributed by atoms with Gasteiger partial charge in [0.25, 0.3) is 0 Å². The van der Waals surface area contributed by atoms with Crippen LogP contribution in [0.25, 0.3) is 0 Å². The third-order valence-corrected chi connectivity index (χ3v) is 4.11. The number of benzene rings is 1. The Labute approximate surface area is 131 Å². The molecule has 0 radical (unpaired) electrons. The van der Waals surface area contributed by atoms with Crippen LogP contribution >= 0.6 is 15.9 Å². The lowest BCUT2D eigenvalue weighted by molar-refractivity contribution is 0.516. The van der Waals surface area contributed by atoms with Crippen molar-refractivity contribution in [2.75, 3.05) is 23.3 Å². The van der Waals surface area contributed by atoms with Gasteiger partial charge in [0.2, 0.25) is 5.95 Å². The molecule has 4 nitrogen and oxygen atoms in total. The molecule has 1 fully saturated rings. The van der Waals surface area contributed by atoms with E-state index in [4.69, 9.17) is 0 Å². The summed E-state index contributed by atoms with van der Waals surface area (Å²) in [5, 5.41) is 3.29. The molecule has 6 heteroatoms. The van der Waals surface area contributed by atoms with Crippen molar-refractivity contribution in [3.8, 4) is 0 Å². The molecule has 0 aliphatic carbocycles. The first-order chi connectivity index (χ1) is 10.2. The lowest BCUT2D eigenvalue weighted by Gasteiger charge is -2.32. The Kier molecular flexibility index (Phi) is 4.34. The van der Waals surface area contributed by atoms with E-state index < -0.39 is 0 Å². The topological polar surface area (TPSA) is 41.0 Å². The average Bonchev–Trinajstić information content (AvgIpc) is 2.52. The van der Waals surface area contributed by atoms with Crippen LogP contribution in [0.5, 0.6) is 0 Å². The van der Waals surface area contributed by atoms with Gasteiger partial charge < -0.3 is 10.2 Å². The summed E-state index contributed by atoms with van der Waals surface area (Å²) in [6, 6.07) is 7.19. The maximum absolute atomic E-state index is 13.8. The Balaban J connectivity index is 1.59. The van der Waals surface area contributed by atoms with E-state index in [9.17, 15) is 4.39 Å². The molecule has 1 aromatic heterocycles. The molecule has 21 heavy (non-hydrogen) atoms. The highest BCUT2D eigenvalue weighted by Gasteiger charge is 2.21. The van der Waals surface area contributed by atoms with Gasteiger partial charge in [0.15, 0.2) is 0 Å². The first kappa shape index (κ1) is 14.3. The zero-order chi connectivity index (χ0) is 14.7. The Morgan fingerprint density at radius 2 is 1.90 bits per heavy atom. The van der Waals surface area contributed by atoms with Crippen molar-refractivity contribution in [2.24, 2.45) is 0 Å². The standard InChI is InChI=1S/C15H16BrFN4/c16-11-2-3-14(13(17)10-11)20-12-4-8-21(9-5-12)15-18-6-1-7-19-15/h1-3,6-7,10,12,20H,4-5,8-9H2. The molecule has 110 valence electrons. The number of rotatable bonds is 3. The van der Waals surface area contributed by atoms with Crippen LogP contribution in [-0.4, -0.2) is 29.1 Å². The number of nitrogens with zero attached hydrogens (tertiary/aromatic N) is 3. The number of nitrogens with one attached hydrogen (secondary N) is 1. The van der Waals surface area contributed by atoms with E-state index in [0.29, 0.717) is 5.69 Å². The lowest BCUT2D eigenvalue weighted by atomic mass is 10.0. The Morgan fingerprint density at radius 1 is 1.19 bits per heavy atom. The van der Waals surface area contributed by atoms with Crippen molar-refractivity contribution < 1.29 is 4.39 Å². The van der Waals surface area contributed by atoms with Crippen LogP contribution in [0.3, 0.4) is 0 Å². The lowest BCUT2D eigenvalue weighted by Crippen LogP contribution is -2.40. The number of hydrogen-bond acceptors (Lipinski definition) is 4. The fourth-order valence-electron chi connectivity index (χ4n) is 2.50. The largest absolute Gasteiger partial charge is 0.380 e. The summed E-state index contributed by atoms with van der Waals surface area (Å²) in [6.45, 7) is 1.75. The summed E-state index contributed by atoms with van der Waals surface area (Å²) in [7, 11) is 0. The number of piperidine rings is 1. The Hall–Kier alpha value is -1.69. The van der Waals surface area contributed by atoms with Crippen LogP contribution in [0.15, 0.2) is 41.1 Å². The SMILES string of the molecule is Fc1cc(Br)ccc1NC1CCN(c2ncccn2)CC1. The van der Waals surface area contributed by atoms with Crippen LogP contribution in [0, 0.1) is 5.82 Å². The van der Waals surface area contributed by atoms with Crippen molar-refractivity contribution in [1.29, 1.82) is 0 Å². The van der Waals surface area contributed by atoms with Gasteiger partial charge in [0, 0.05) is 36.0 Å². The summed E-state index contributed by atoms with van der Waals surface area (Å²) in [5.74, 6) is 0.545. The maximum atomic E-state index is 13.8. The van der Waals surface area contributed by atoms with Crippen molar-refractivity contribution in [3.05, 3.63) is 46.9 Å². The first-order valence-corrected chi connectivity index (χ1v) is 7.75. The van der Waals surface area contributed by atoms with Gasteiger partial charge >= 0.3 is 0 Å². The van der Waals surface area contributed by atoms with Crippen LogP contribution in [0.1, 0.15) is 12.8 Å². The molecular formula is C15H16BrFN4. The van der Waals surface area contributed by atoms with E-state index in [1.807, 2.05) is 12.1 Å². The summed E-state index contributed by atoms with van der Waals surface area (Å²) in [5.41, 5.74) is 0.563. The Bertz CT molecular complexity index is 600. The molecule has 0 atom stereocenters. The molecule has 1 N–H and O–H groups in total. The molecule has 2 heterocycles. The number of halogens is 2. The quantitative estimate of drug-likeness (QED) is 0.920. The van der Waals surface area contributed by atoms with E-state index in [2.05, 4.69) is 36.1 Å². The zero-order valence-corrected chi connectivity index (χ0v) is 13.1. The second-order valence-corrected chi connectivity index (χ2v) is 5.99. The number of aromatic nitrogens is 2. The monoisotopic (exact) mass is 350 g/mol. The van der Waals surface area contributed by atoms with E-state index >= 15 is 0 Å². The van der Waals surface area contributed by atoms with Crippen molar-refractivity contribution in [3.63, 3.8) is 0 Å². The fraction of sp³-hybridized carbons (Fsp3) is 0.333. The van der Waals surface area contributed by atoms with Gasteiger partial charge in [-0.1, -0.05) is 15.9 Å². The van der Waals surface area contributed by atoms with Gasteiger partial charge in [-0.05, 0) is 37.1 Å². The van der Waals surface area contributed by atoms with Gasteiger partial charge in [-0.2, -0.15) is 0 Å². The summed E-state index contributed by atoms with van der Waals surface area (Å²) in [4.78, 5) is 10.7. The Morgan fingerprint density at radius 3 is 2.57 bits per heavy atom. The minimum absolute atomic E-state index is 0.224. The van der Waals surface area contributed by atoms with Crippen molar-refractivity contribution in [2.45, 2.75) is 18.9 Å². The van der Waals surface area contributed by atoms with Gasteiger partial charge in [0.1, 0.15) is 5.82 Å². The van der Waals surface area contributed by atoms with Crippen LogP contribution in [0.4, 0.5) is 16.0 Å². The maximum Gasteiger partial charge on any atom is 0.225 e. The minimum Gasteiger partial charge on any atom is -0.380 e. The van der Waals surface area contributed by atoms with E-state index in [0.717, 1.165) is 36.4 Å². The highest BCUT2D eigenvalue weighted by atomic mass is 79.9. The van der Waals surface area contributed by atoms with Crippen LogP contribution < -0.4 is 10.2 Å². The summed E-state index contributed by atoms with van der Waals surface area (Å²) < 4.78 is 14.6. The molecule has 1 aliphatic heterocycles. The number of anilines is 2. The zero-order valence-electron chi connectivity index (χ0n) is 11.5. The molecule has 1 aromatic carbocycles. The predicted octanol–water partition coefficient (Wildman–Crippen LogP) is 3.46. The van der Waals surface area contributed by atoms with Crippen molar-refractivity contribution in [1.82, 2.24) is 9.97 Å². The summed E-state index contributed by atoms with van der Waals surface area (Å²) in [6.07, 6.45) is 5.38. The van der Waals surface area contributed by atoms with Crippen LogP contribution in [0.2, 0.25) is 0 Å². The van der Waals surface area contributed by atoms with E-state index in [-0.39, 0.29) is 11.9 Å². The van der Waals surface area contributed by atoms with Gasteiger partial charge in [0.05, 0.1) is 5.69 Å². The van der Waals surface area contributed by atoms with Gasteiger partial charge in [-0.15, -0.1) is 0 Å². The van der Waals surface area contributed by atoms with Gasteiger partial charge in [-0.3, -0.25) is 0 Å². The molecule has 1 saturated heterocycles. The van der Waals surface area contributed by atoms with E-state index in [1.165, 1.54) is 6.07 Å². The van der Waals surface area contributed by atoms with Crippen LogP contribution in [-0.2, 0) is 0 Å². The van der Waals surface area contributed by atoms with E-state index in [1.54, 1.807) is 18.5 Å². The molecule has 0 bridgehead atoms. The average molecular weight is 351 g/mol. The normalized spacial score (nSPS) is 16.0. The molecular weight excluding hydrogens is 335 g/mol. The molecule has 1 aliphatic rings. The minimum atomic E-state index is -0.224. The van der Waals surface area contributed by atoms with Gasteiger partial charge in [-0.25, -0.2) is 14.4 Å². The second kappa shape index (κ2) is 6.39. The third kappa shape index (κ3) is 3.50. The second-order valence-electron chi connectivity index (χ2n) is 5.08. The predicted molar refractivity (Wildman–Crippen MR) is 85.0 cm³/mol. The molecule has 0 saturated carbocycles. The fourth-order valence-corrected chi connectivity index (χ4v) is 2.84. The smallest absolute Gasteiger partial charge is 0.225 e. The van der Waals surface area contributed by atoms with Crippen molar-refractivity contribution >= 4 is 27.6 Å². The number of hydrogen-bond donors (Lipinski definition) is 1. The molecule has 3 rings (SSSR count). The highest BCUT2D eigenvalue weighted by Crippen LogP contribution is 2.23. The summed E-state index contributed by atoms with van der Waals surface area (Å²) >= 11 is 3.27.